The van der Waals surface area contributed by atoms with E-state index >= 15 is 0 Å². The van der Waals surface area contributed by atoms with E-state index in [4.69, 9.17) is 5.11 Å². The molecule has 94 valence electrons. The number of rotatable bonds is 4. The molecule has 1 aromatic rings. The first kappa shape index (κ1) is 13.4. The van der Waals surface area contributed by atoms with Gasteiger partial charge in [0.05, 0.1) is 0 Å². The Hall–Kier alpha value is -1.63. The van der Waals surface area contributed by atoms with Crippen molar-refractivity contribution in [3.05, 3.63) is 30.1 Å². The molecule has 0 fully saturated rings. The van der Waals surface area contributed by atoms with E-state index in [0.29, 0.717) is 0 Å². The molecule has 0 radical (unpaired) electrons. The predicted octanol–water partition coefficient (Wildman–Crippen LogP) is 1.96. The molecular weight excluding hydrogens is 239 g/mol. The summed E-state index contributed by atoms with van der Waals surface area (Å²) < 4.78 is 40.6. The van der Waals surface area contributed by atoms with Crippen LogP contribution in [0.3, 0.4) is 0 Å². The van der Waals surface area contributed by atoms with Gasteiger partial charge in [0.1, 0.15) is 6.61 Å². The summed E-state index contributed by atoms with van der Waals surface area (Å²) in [5.74, 6) is -1.49. The molecule has 17 heavy (non-hydrogen) atoms. The van der Waals surface area contributed by atoms with E-state index in [9.17, 15) is 18.0 Å². The molecule has 1 atom stereocenters. The second-order valence-corrected chi connectivity index (χ2v) is 3.48. The molecule has 0 aliphatic heterocycles. The van der Waals surface area contributed by atoms with Crippen molar-refractivity contribution in [3.8, 4) is 0 Å². The number of alkyl halides is 3. The first-order valence-electron chi connectivity index (χ1n) is 4.60. The molecule has 0 aromatic carbocycles. The number of carboxylic acids is 1. The number of hydrogen-bond acceptors (Lipinski definition) is 3. The lowest BCUT2D eigenvalue weighted by Crippen LogP contribution is -2.38. The molecule has 7 heteroatoms. The van der Waals surface area contributed by atoms with Crippen molar-refractivity contribution in [2.24, 2.45) is 0 Å². The zero-order valence-corrected chi connectivity index (χ0v) is 8.86. The number of carboxylic acid groups (broad SMARTS) is 1. The molecule has 1 unspecified atom stereocenters. The second kappa shape index (κ2) is 4.70. The fraction of sp³-hybridized carbons (Fsp3) is 0.400. The minimum absolute atomic E-state index is 0.101. The molecule has 0 saturated heterocycles. The van der Waals surface area contributed by atoms with E-state index in [0.717, 1.165) is 6.92 Å². The standard InChI is InChI=1S/C10H10F3NO3/c1-9(8(15)16,17-6-10(11,12)13)7-2-4-14-5-3-7/h2-5H,6H2,1H3,(H,15,16). The van der Waals surface area contributed by atoms with Gasteiger partial charge in [0, 0.05) is 12.4 Å². The molecule has 4 nitrogen and oxygen atoms in total. The van der Waals surface area contributed by atoms with Gasteiger partial charge in [-0.3, -0.25) is 4.98 Å². The number of nitrogens with zero attached hydrogens (tertiary/aromatic N) is 1. The molecule has 0 amide bonds. The van der Waals surface area contributed by atoms with Crippen LogP contribution in [0.4, 0.5) is 13.2 Å². The minimum atomic E-state index is -4.58. The third-order valence-electron chi connectivity index (χ3n) is 2.16. The van der Waals surface area contributed by atoms with Crippen LogP contribution >= 0.6 is 0 Å². The maximum Gasteiger partial charge on any atom is 0.411 e. The molecule has 0 saturated carbocycles. The largest absolute Gasteiger partial charge is 0.479 e. The van der Waals surface area contributed by atoms with E-state index in [1.165, 1.54) is 24.5 Å². The summed E-state index contributed by atoms with van der Waals surface area (Å²) in [7, 11) is 0. The van der Waals surface area contributed by atoms with Gasteiger partial charge in [0.2, 0.25) is 0 Å². The number of aliphatic carboxylic acids is 1. The lowest BCUT2D eigenvalue weighted by Gasteiger charge is -2.26. The highest BCUT2D eigenvalue weighted by molar-refractivity contribution is 5.78. The molecule has 0 aliphatic rings. The molecule has 1 aromatic heterocycles. The number of pyridine rings is 1. The van der Waals surface area contributed by atoms with E-state index in [2.05, 4.69) is 9.72 Å². The van der Waals surface area contributed by atoms with Crippen LogP contribution in [0, 0.1) is 0 Å². The Morgan fingerprint density at radius 2 is 1.94 bits per heavy atom. The quantitative estimate of drug-likeness (QED) is 0.886. The Labute approximate surface area is 95.0 Å². The number of hydrogen-bond donors (Lipinski definition) is 1. The zero-order chi connectivity index (χ0) is 13.1. The van der Waals surface area contributed by atoms with Crippen LogP contribution in [0.25, 0.3) is 0 Å². The average Bonchev–Trinajstić information content (AvgIpc) is 2.26. The Balaban J connectivity index is 2.95. The first-order valence-corrected chi connectivity index (χ1v) is 4.60. The van der Waals surface area contributed by atoms with E-state index in [1.807, 2.05) is 0 Å². The maximum absolute atomic E-state index is 12.0. The molecule has 0 spiro atoms. The third kappa shape index (κ3) is 3.42. The SMILES string of the molecule is CC(OCC(F)(F)F)(C(=O)O)c1ccncc1. The van der Waals surface area contributed by atoms with Gasteiger partial charge in [-0.25, -0.2) is 4.79 Å². The molecular formula is C10H10F3NO3. The van der Waals surface area contributed by atoms with Crippen molar-refractivity contribution in [1.29, 1.82) is 0 Å². The maximum atomic E-state index is 12.0. The van der Waals surface area contributed by atoms with Crippen molar-refractivity contribution in [2.75, 3.05) is 6.61 Å². The van der Waals surface area contributed by atoms with Crippen LogP contribution in [0.1, 0.15) is 12.5 Å². The summed E-state index contributed by atoms with van der Waals surface area (Å²) in [5.41, 5.74) is -1.94. The zero-order valence-electron chi connectivity index (χ0n) is 8.86. The smallest absolute Gasteiger partial charge is 0.411 e. The van der Waals surface area contributed by atoms with Gasteiger partial charge in [-0.15, -0.1) is 0 Å². The summed E-state index contributed by atoms with van der Waals surface area (Å²) in [6.07, 6.45) is -2.01. The Bertz CT molecular complexity index is 394. The van der Waals surface area contributed by atoms with Crippen LogP contribution in [-0.2, 0) is 15.1 Å². The molecule has 0 aliphatic carbocycles. The van der Waals surface area contributed by atoms with E-state index in [-0.39, 0.29) is 5.56 Å². The highest BCUT2D eigenvalue weighted by atomic mass is 19.4. The van der Waals surface area contributed by atoms with Crippen LogP contribution in [0.2, 0.25) is 0 Å². The molecule has 1 rings (SSSR count). The van der Waals surface area contributed by atoms with Crippen molar-refractivity contribution in [3.63, 3.8) is 0 Å². The number of halogens is 3. The molecule has 0 bridgehead atoms. The highest BCUT2D eigenvalue weighted by Gasteiger charge is 2.40. The second-order valence-electron chi connectivity index (χ2n) is 3.48. The Morgan fingerprint density at radius 1 is 1.41 bits per heavy atom. The van der Waals surface area contributed by atoms with Gasteiger partial charge in [-0.1, -0.05) is 0 Å². The highest BCUT2D eigenvalue weighted by Crippen LogP contribution is 2.28. The van der Waals surface area contributed by atoms with Gasteiger partial charge < -0.3 is 9.84 Å². The van der Waals surface area contributed by atoms with E-state index in [1.54, 1.807) is 0 Å². The third-order valence-corrected chi connectivity index (χ3v) is 2.16. The lowest BCUT2D eigenvalue weighted by molar-refractivity contribution is -0.212. The Kier molecular flexibility index (Phi) is 3.72. The fourth-order valence-electron chi connectivity index (χ4n) is 1.16. The van der Waals surface area contributed by atoms with Gasteiger partial charge in [0.15, 0.2) is 5.60 Å². The summed E-state index contributed by atoms with van der Waals surface area (Å²) in [6, 6.07) is 2.59. The van der Waals surface area contributed by atoms with Gasteiger partial charge in [-0.05, 0) is 24.6 Å². The molecule has 1 N–H and O–H groups in total. The normalized spacial score (nSPS) is 15.3. The number of aromatic nitrogens is 1. The van der Waals surface area contributed by atoms with Crippen LogP contribution in [-0.4, -0.2) is 28.8 Å². The first-order chi connectivity index (χ1) is 7.76. The van der Waals surface area contributed by atoms with E-state index < -0.39 is 24.4 Å². The van der Waals surface area contributed by atoms with Crippen LogP contribution < -0.4 is 0 Å². The van der Waals surface area contributed by atoms with Gasteiger partial charge >= 0.3 is 12.1 Å². The van der Waals surface area contributed by atoms with Crippen molar-refractivity contribution >= 4 is 5.97 Å². The average molecular weight is 249 g/mol. The van der Waals surface area contributed by atoms with Gasteiger partial charge in [-0.2, -0.15) is 13.2 Å². The summed E-state index contributed by atoms with van der Waals surface area (Å²) >= 11 is 0. The monoisotopic (exact) mass is 249 g/mol. The fourth-order valence-corrected chi connectivity index (χ4v) is 1.16. The van der Waals surface area contributed by atoms with Crippen molar-refractivity contribution in [1.82, 2.24) is 4.98 Å². The number of carbonyl (C=O) groups is 1. The predicted molar refractivity (Wildman–Crippen MR) is 51.2 cm³/mol. The van der Waals surface area contributed by atoms with Crippen LogP contribution in [0.5, 0.6) is 0 Å². The summed E-state index contributed by atoms with van der Waals surface area (Å²) in [6.45, 7) is -0.561. The minimum Gasteiger partial charge on any atom is -0.479 e. The summed E-state index contributed by atoms with van der Waals surface area (Å²) in [5, 5.41) is 8.97. The van der Waals surface area contributed by atoms with Gasteiger partial charge in [0.25, 0.3) is 0 Å². The number of ether oxygens (including phenoxy) is 1. The summed E-state index contributed by atoms with van der Waals surface area (Å²) in [4.78, 5) is 14.7. The lowest BCUT2D eigenvalue weighted by atomic mass is 9.97. The van der Waals surface area contributed by atoms with Crippen molar-refractivity contribution in [2.45, 2.75) is 18.7 Å². The Morgan fingerprint density at radius 3 is 2.35 bits per heavy atom. The van der Waals surface area contributed by atoms with Crippen molar-refractivity contribution < 1.29 is 27.8 Å². The molecule has 1 heterocycles. The topological polar surface area (TPSA) is 59.4 Å². The van der Waals surface area contributed by atoms with Crippen LogP contribution in [0.15, 0.2) is 24.5 Å².